The molecule has 2 saturated carbocycles. The molecule has 96 valence electrons. The summed E-state index contributed by atoms with van der Waals surface area (Å²) in [6, 6.07) is 9.53. The van der Waals surface area contributed by atoms with E-state index in [-0.39, 0.29) is 5.66 Å². The van der Waals surface area contributed by atoms with Crippen LogP contribution in [0.25, 0.3) is 0 Å². The maximum Gasteiger partial charge on any atom is 0.0990 e. The van der Waals surface area contributed by atoms with Gasteiger partial charge in [0.1, 0.15) is 0 Å². The van der Waals surface area contributed by atoms with Crippen LogP contribution in [0.15, 0.2) is 24.3 Å². The molecule has 0 amide bonds. The van der Waals surface area contributed by atoms with Crippen molar-refractivity contribution < 1.29 is 0 Å². The molecule has 0 saturated heterocycles. The quantitative estimate of drug-likeness (QED) is 0.864. The number of fused-ring (bicyclic) bond motifs is 1. The topological polar surface area (TPSA) is 29.3 Å². The maximum atomic E-state index is 6.94. The average Bonchev–Trinajstić information content (AvgIpc) is 3.24. The van der Waals surface area contributed by atoms with E-state index in [9.17, 15) is 0 Å². The Kier molecular flexibility index (Phi) is 2.06. The van der Waals surface area contributed by atoms with Gasteiger partial charge >= 0.3 is 0 Å². The number of nitrogens with zero attached hydrogens (tertiary/aromatic N) is 1. The van der Waals surface area contributed by atoms with E-state index < -0.39 is 0 Å². The van der Waals surface area contributed by atoms with Gasteiger partial charge in [0.25, 0.3) is 0 Å². The van der Waals surface area contributed by atoms with Gasteiger partial charge in [0, 0.05) is 12.6 Å². The summed E-state index contributed by atoms with van der Waals surface area (Å²) < 4.78 is 0. The lowest BCUT2D eigenvalue weighted by atomic mass is 9.93. The molecule has 0 bridgehead atoms. The first-order chi connectivity index (χ1) is 8.62. The molecule has 0 radical (unpaired) electrons. The molecule has 1 aromatic rings. The molecule has 1 heterocycles. The molecule has 2 aliphatic carbocycles. The van der Waals surface area contributed by atoms with Gasteiger partial charge in [-0.3, -0.25) is 4.90 Å². The van der Waals surface area contributed by atoms with E-state index in [4.69, 9.17) is 5.73 Å². The fourth-order valence-corrected chi connectivity index (χ4v) is 3.99. The van der Waals surface area contributed by atoms with Gasteiger partial charge in [-0.25, -0.2) is 0 Å². The predicted molar refractivity (Wildman–Crippen MR) is 72.7 cm³/mol. The van der Waals surface area contributed by atoms with Crippen molar-refractivity contribution >= 4 is 0 Å². The number of benzene rings is 1. The zero-order valence-corrected chi connectivity index (χ0v) is 11.3. The Morgan fingerprint density at radius 1 is 1.17 bits per heavy atom. The van der Waals surface area contributed by atoms with Crippen molar-refractivity contribution in [3.8, 4) is 0 Å². The monoisotopic (exact) mass is 242 g/mol. The van der Waals surface area contributed by atoms with E-state index in [0.29, 0.717) is 5.92 Å². The number of nitrogens with two attached hydrogens (primary N) is 1. The molecule has 0 aromatic heterocycles. The van der Waals surface area contributed by atoms with Crippen molar-refractivity contribution in [3.05, 3.63) is 35.4 Å². The van der Waals surface area contributed by atoms with Gasteiger partial charge in [-0.2, -0.15) is 0 Å². The third kappa shape index (κ3) is 1.31. The van der Waals surface area contributed by atoms with Gasteiger partial charge < -0.3 is 5.73 Å². The molecule has 4 rings (SSSR count). The maximum absolute atomic E-state index is 6.94. The van der Waals surface area contributed by atoms with Crippen LogP contribution >= 0.6 is 0 Å². The second-order valence-corrected chi connectivity index (χ2v) is 6.71. The minimum absolute atomic E-state index is 0.175. The Labute approximate surface area is 109 Å². The molecule has 2 N–H and O–H groups in total. The van der Waals surface area contributed by atoms with Gasteiger partial charge in [-0.1, -0.05) is 38.1 Å². The first-order valence-electron chi connectivity index (χ1n) is 7.26. The van der Waals surface area contributed by atoms with Crippen molar-refractivity contribution in [2.45, 2.75) is 44.9 Å². The Balaban J connectivity index is 1.78. The highest BCUT2D eigenvalue weighted by Crippen LogP contribution is 2.57. The molecule has 0 spiro atoms. The normalized spacial score (nSPS) is 45.9. The molecule has 2 fully saturated rings. The third-order valence-corrected chi connectivity index (χ3v) is 5.41. The van der Waals surface area contributed by atoms with Gasteiger partial charge in [-0.05, 0) is 41.7 Å². The molecule has 5 unspecified atom stereocenters. The SMILES string of the molecule is CC1CC1N1Cc2ccccc2C1(N)C1CC1C. The lowest BCUT2D eigenvalue weighted by Gasteiger charge is -2.37. The minimum atomic E-state index is -0.175. The second-order valence-electron chi connectivity index (χ2n) is 6.71. The largest absolute Gasteiger partial charge is 0.309 e. The zero-order valence-electron chi connectivity index (χ0n) is 11.3. The Morgan fingerprint density at radius 3 is 2.44 bits per heavy atom. The molecular weight excluding hydrogens is 220 g/mol. The fourth-order valence-electron chi connectivity index (χ4n) is 3.99. The van der Waals surface area contributed by atoms with Crippen LogP contribution in [0.3, 0.4) is 0 Å². The summed E-state index contributed by atoms with van der Waals surface area (Å²) in [5.41, 5.74) is 9.62. The van der Waals surface area contributed by atoms with Crippen LogP contribution in [0.1, 0.15) is 37.8 Å². The number of rotatable bonds is 2. The van der Waals surface area contributed by atoms with Crippen LogP contribution in [0.2, 0.25) is 0 Å². The van der Waals surface area contributed by atoms with Crippen LogP contribution in [-0.2, 0) is 12.2 Å². The highest BCUT2D eigenvalue weighted by atomic mass is 15.3. The molecular formula is C16H22N2. The van der Waals surface area contributed by atoms with Crippen LogP contribution in [0, 0.1) is 17.8 Å². The summed E-state index contributed by atoms with van der Waals surface area (Å²) in [6.07, 6.45) is 2.62. The summed E-state index contributed by atoms with van der Waals surface area (Å²) in [4.78, 5) is 2.61. The van der Waals surface area contributed by atoms with Crippen LogP contribution in [0.5, 0.6) is 0 Å². The molecule has 5 atom stereocenters. The molecule has 2 heteroatoms. The third-order valence-electron chi connectivity index (χ3n) is 5.41. The standard InChI is InChI=1S/C16H22N2/c1-10-7-14(10)16(17)13-6-4-3-5-12(13)9-18(16)15-8-11(15)2/h3-6,10-11,14-15H,7-9,17H2,1-2H3. The van der Waals surface area contributed by atoms with E-state index in [1.54, 1.807) is 0 Å². The first-order valence-corrected chi connectivity index (χ1v) is 7.26. The van der Waals surface area contributed by atoms with E-state index in [0.717, 1.165) is 24.4 Å². The summed E-state index contributed by atoms with van der Waals surface area (Å²) in [5.74, 6) is 2.28. The Morgan fingerprint density at radius 2 is 1.83 bits per heavy atom. The van der Waals surface area contributed by atoms with Crippen LogP contribution < -0.4 is 5.73 Å². The number of hydrogen-bond donors (Lipinski definition) is 1. The van der Waals surface area contributed by atoms with Crippen LogP contribution in [-0.4, -0.2) is 10.9 Å². The molecule has 18 heavy (non-hydrogen) atoms. The van der Waals surface area contributed by atoms with Crippen molar-refractivity contribution in [3.63, 3.8) is 0 Å². The van der Waals surface area contributed by atoms with Crippen molar-refractivity contribution in [1.82, 2.24) is 4.90 Å². The van der Waals surface area contributed by atoms with E-state index in [2.05, 4.69) is 43.0 Å². The first kappa shape index (κ1) is 11.0. The lowest BCUT2D eigenvalue weighted by molar-refractivity contribution is 0.0657. The summed E-state index contributed by atoms with van der Waals surface area (Å²) in [6.45, 7) is 5.75. The van der Waals surface area contributed by atoms with E-state index in [1.165, 1.54) is 24.0 Å². The van der Waals surface area contributed by atoms with E-state index in [1.807, 2.05) is 0 Å². The van der Waals surface area contributed by atoms with Crippen molar-refractivity contribution in [1.29, 1.82) is 0 Å². The predicted octanol–water partition coefficient (Wildman–Crippen LogP) is 2.68. The Bertz CT molecular complexity index is 498. The highest BCUT2D eigenvalue weighted by Gasteiger charge is 2.59. The summed E-state index contributed by atoms with van der Waals surface area (Å²) in [7, 11) is 0. The summed E-state index contributed by atoms with van der Waals surface area (Å²) in [5, 5.41) is 0. The molecule has 3 aliphatic rings. The minimum Gasteiger partial charge on any atom is -0.309 e. The van der Waals surface area contributed by atoms with Crippen LogP contribution in [0.4, 0.5) is 0 Å². The van der Waals surface area contributed by atoms with Gasteiger partial charge in [0.05, 0.1) is 5.66 Å². The molecule has 1 aliphatic heterocycles. The highest BCUT2D eigenvalue weighted by molar-refractivity contribution is 5.40. The summed E-state index contributed by atoms with van der Waals surface area (Å²) >= 11 is 0. The van der Waals surface area contributed by atoms with Crippen molar-refractivity contribution in [2.24, 2.45) is 23.5 Å². The molecule has 2 nitrogen and oxygen atoms in total. The van der Waals surface area contributed by atoms with E-state index >= 15 is 0 Å². The fraction of sp³-hybridized carbons (Fsp3) is 0.625. The zero-order chi connectivity index (χ0) is 12.5. The number of hydrogen-bond acceptors (Lipinski definition) is 2. The average molecular weight is 242 g/mol. The van der Waals surface area contributed by atoms with Gasteiger partial charge in [0.2, 0.25) is 0 Å². The smallest absolute Gasteiger partial charge is 0.0990 e. The van der Waals surface area contributed by atoms with Gasteiger partial charge in [0.15, 0.2) is 0 Å². The second kappa shape index (κ2) is 3.37. The van der Waals surface area contributed by atoms with Gasteiger partial charge in [-0.15, -0.1) is 0 Å². The molecule has 1 aromatic carbocycles. The Hall–Kier alpha value is -0.860. The lowest BCUT2D eigenvalue weighted by Crippen LogP contribution is -2.52. The van der Waals surface area contributed by atoms with Crippen molar-refractivity contribution in [2.75, 3.05) is 0 Å².